The number of benzene rings is 1. The van der Waals surface area contributed by atoms with Crippen molar-refractivity contribution >= 4 is 23.2 Å². The zero-order valence-electron chi connectivity index (χ0n) is 13.8. The number of hydrogen-bond donors (Lipinski definition) is 1. The third-order valence-corrected chi connectivity index (χ3v) is 5.27. The first-order chi connectivity index (χ1) is 11.6. The van der Waals surface area contributed by atoms with Crippen LogP contribution in [0.4, 0.5) is 0 Å². The molecule has 1 aromatic heterocycles. The predicted molar refractivity (Wildman–Crippen MR) is 96.3 cm³/mol. The Balaban J connectivity index is 1.75. The van der Waals surface area contributed by atoms with E-state index in [9.17, 15) is 9.59 Å². The second kappa shape index (κ2) is 7.62. The summed E-state index contributed by atoms with van der Waals surface area (Å²) in [5, 5.41) is 2.95. The number of carbonyl (C=O) groups excluding carboxylic acids is 2. The van der Waals surface area contributed by atoms with E-state index >= 15 is 0 Å². The number of nitrogens with zero attached hydrogens (tertiary/aromatic N) is 1. The van der Waals surface area contributed by atoms with Crippen LogP contribution in [0.1, 0.15) is 33.0 Å². The molecule has 3 rings (SSSR count). The molecule has 0 spiro atoms. The van der Waals surface area contributed by atoms with Gasteiger partial charge in [-0.2, -0.15) is 0 Å². The molecule has 1 saturated heterocycles. The number of thiophene rings is 1. The van der Waals surface area contributed by atoms with Crippen LogP contribution in [0.3, 0.4) is 0 Å². The summed E-state index contributed by atoms with van der Waals surface area (Å²) < 4.78 is 0. The Morgan fingerprint density at radius 1 is 1.12 bits per heavy atom. The van der Waals surface area contributed by atoms with E-state index in [0.29, 0.717) is 11.3 Å². The van der Waals surface area contributed by atoms with Crippen molar-refractivity contribution in [1.29, 1.82) is 0 Å². The van der Waals surface area contributed by atoms with Gasteiger partial charge in [0.15, 0.2) is 0 Å². The molecule has 2 aromatic rings. The molecule has 2 amide bonds. The van der Waals surface area contributed by atoms with Crippen molar-refractivity contribution in [2.45, 2.75) is 32.2 Å². The SMILES string of the molecule is Cc1ccc(C(=O)N[C@@H](Cc2ccccc2)C(=O)N2CCCC2)s1. The molecule has 0 saturated carbocycles. The van der Waals surface area contributed by atoms with Gasteiger partial charge in [0.25, 0.3) is 5.91 Å². The summed E-state index contributed by atoms with van der Waals surface area (Å²) in [5.74, 6) is -0.139. The zero-order valence-corrected chi connectivity index (χ0v) is 14.6. The lowest BCUT2D eigenvalue weighted by molar-refractivity contribution is -0.132. The fourth-order valence-corrected chi connectivity index (χ4v) is 3.76. The molecule has 2 heterocycles. The highest BCUT2D eigenvalue weighted by atomic mass is 32.1. The fourth-order valence-electron chi connectivity index (χ4n) is 2.99. The molecule has 1 aliphatic heterocycles. The Hall–Kier alpha value is -2.14. The third kappa shape index (κ3) is 4.03. The quantitative estimate of drug-likeness (QED) is 0.908. The second-order valence-corrected chi connectivity index (χ2v) is 7.45. The van der Waals surface area contributed by atoms with E-state index in [-0.39, 0.29) is 11.8 Å². The molecular weight excluding hydrogens is 320 g/mol. The number of amides is 2. The molecule has 0 radical (unpaired) electrons. The van der Waals surface area contributed by atoms with Gasteiger partial charge < -0.3 is 10.2 Å². The highest BCUT2D eigenvalue weighted by molar-refractivity contribution is 7.13. The van der Waals surface area contributed by atoms with E-state index in [1.165, 1.54) is 11.3 Å². The largest absolute Gasteiger partial charge is 0.341 e. The summed E-state index contributed by atoms with van der Waals surface area (Å²) in [6.07, 6.45) is 2.61. The van der Waals surface area contributed by atoms with E-state index < -0.39 is 6.04 Å². The van der Waals surface area contributed by atoms with Crippen molar-refractivity contribution in [3.05, 3.63) is 57.8 Å². The molecule has 4 nitrogen and oxygen atoms in total. The summed E-state index contributed by atoms with van der Waals surface area (Å²) in [5.41, 5.74) is 1.05. The first kappa shape index (κ1) is 16.7. The molecule has 0 unspecified atom stereocenters. The Kier molecular flexibility index (Phi) is 5.30. The van der Waals surface area contributed by atoms with Crippen LogP contribution in [-0.2, 0) is 11.2 Å². The van der Waals surface area contributed by atoms with Gasteiger partial charge in [0.2, 0.25) is 5.91 Å². The Labute approximate surface area is 146 Å². The summed E-state index contributed by atoms with van der Waals surface area (Å²) >= 11 is 1.45. The van der Waals surface area contributed by atoms with Crippen molar-refractivity contribution < 1.29 is 9.59 Å². The molecule has 0 aliphatic carbocycles. The molecule has 5 heteroatoms. The highest BCUT2D eigenvalue weighted by Crippen LogP contribution is 2.17. The lowest BCUT2D eigenvalue weighted by Crippen LogP contribution is -2.48. The number of nitrogens with one attached hydrogen (secondary N) is 1. The summed E-state index contributed by atoms with van der Waals surface area (Å²) in [6, 6.07) is 13.1. The van der Waals surface area contributed by atoms with Gasteiger partial charge in [0.1, 0.15) is 6.04 Å². The maximum Gasteiger partial charge on any atom is 0.262 e. The maximum atomic E-state index is 12.8. The standard InChI is InChI=1S/C19H22N2O2S/c1-14-9-10-17(24-14)18(22)20-16(13-15-7-3-2-4-8-15)19(23)21-11-5-6-12-21/h2-4,7-10,16H,5-6,11-13H2,1H3,(H,20,22)/t16-/m0/s1. The van der Waals surface area contributed by atoms with Crippen LogP contribution in [-0.4, -0.2) is 35.8 Å². The number of likely N-dealkylation sites (tertiary alicyclic amines) is 1. The van der Waals surface area contributed by atoms with E-state index in [2.05, 4.69) is 5.32 Å². The number of hydrogen-bond acceptors (Lipinski definition) is 3. The number of aryl methyl sites for hydroxylation is 1. The molecular formula is C19H22N2O2S. The first-order valence-electron chi connectivity index (χ1n) is 8.33. The van der Waals surface area contributed by atoms with E-state index in [0.717, 1.165) is 36.4 Å². The molecule has 1 fully saturated rings. The predicted octanol–water partition coefficient (Wildman–Crippen LogP) is 3.02. The van der Waals surface area contributed by atoms with Gasteiger partial charge in [-0.3, -0.25) is 9.59 Å². The van der Waals surface area contributed by atoms with Crippen LogP contribution in [0.2, 0.25) is 0 Å². The second-order valence-electron chi connectivity index (χ2n) is 6.16. The van der Waals surface area contributed by atoms with Gasteiger partial charge in [0, 0.05) is 24.4 Å². The minimum Gasteiger partial charge on any atom is -0.341 e. The first-order valence-corrected chi connectivity index (χ1v) is 9.15. The van der Waals surface area contributed by atoms with Crippen molar-refractivity contribution in [2.24, 2.45) is 0 Å². The van der Waals surface area contributed by atoms with E-state index in [4.69, 9.17) is 0 Å². The van der Waals surface area contributed by atoms with Gasteiger partial charge in [-0.15, -0.1) is 11.3 Å². The van der Waals surface area contributed by atoms with E-state index in [1.54, 1.807) is 0 Å². The van der Waals surface area contributed by atoms with Crippen LogP contribution < -0.4 is 5.32 Å². The van der Waals surface area contributed by atoms with E-state index in [1.807, 2.05) is 54.3 Å². The lowest BCUT2D eigenvalue weighted by atomic mass is 10.0. The van der Waals surface area contributed by atoms with Crippen LogP contribution in [0.25, 0.3) is 0 Å². The summed E-state index contributed by atoms with van der Waals surface area (Å²) in [7, 11) is 0. The molecule has 0 bridgehead atoms. The van der Waals surface area contributed by atoms with Crippen molar-refractivity contribution in [2.75, 3.05) is 13.1 Å². The van der Waals surface area contributed by atoms with Gasteiger partial charge in [0.05, 0.1) is 4.88 Å². The van der Waals surface area contributed by atoms with Crippen molar-refractivity contribution in [3.63, 3.8) is 0 Å². The van der Waals surface area contributed by atoms with Crippen LogP contribution in [0.5, 0.6) is 0 Å². The third-order valence-electron chi connectivity index (χ3n) is 4.27. The highest BCUT2D eigenvalue weighted by Gasteiger charge is 2.28. The maximum absolute atomic E-state index is 12.8. The Bertz CT molecular complexity index is 705. The van der Waals surface area contributed by atoms with Crippen molar-refractivity contribution in [3.8, 4) is 0 Å². The average Bonchev–Trinajstić information content (AvgIpc) is 3.26. The molecule has 1 aliphatic rings. The number of rotatable bonds is 5. The molecule has 126 valence electrons. The normalized spacial score (nSPS) is 15.3. The molecule has 1 aromatic carbocycles. The average molecular weight is 342 g/mol. The van der Waals surface area contributed by atoms with Gasteiger partial charge in [-0.05, 0) is 37.5 Å². The van der Waals surface area contributed by atoms with Gasteiger partial charge in [-0.25, -0.2) is 0 Å². The summed E-state index contributed by atoms with van der Waals surface area (Å²) in [6.45, 7) is 3.55. The van der Waals surface area contributed by atoms with Gasteiger partial charge >= 0.3 is 0 Å². The zero-order chi connectivity index (χ0) is 16.9. The monoisotopic (exact) mass is 342 g/mol. The molecule has 1 atom stereocenters. The van der Waals surface area contributed by atoms with Crippen LogP contribution >= 0.6 is 11.3 Å². The lowest BCUT2D eigenvalue weighted by Gasteiger charge is -2.24. The molecule has 24 heavy (non-hydrogen) atoms. The Morgan fingerprint density at radius 2 is 1.83 bits per heavy atom. The van der Waals surface area contributed by atoms with Crippen molar-refractivity contribution in [1.82, 2.24) is 10.2 Å². The fraction of sp³-hybridized carbons (Fsp3) is 0.368. The van der Waals surface area contributed by atoms with Gasteiger partial charge in [-0.1, -0.05) is 30.3 Å². The molecule has 1 N–H and O–H groups in total. The number of carbonyl (C=O) groups is 2. The minimum atomic E-state index is -0.514. The van der Waals surface area contributed by atoms with Crippen LogP contribution in [0.15, 0.2) is 42.5 Å². The van der Waals surface area contributed by atoms with Crippen LogP contribution in [0, 0.1) is 6.92 Å². The Morgan fingerprint density at radius 3 is 2.46 bits per heavy atom. The summed E-state index contributed by atoms with van der Waals surface area (Å²) in [4.78, 5) is 29.0. The smallest absolute Gasteiger partial charge is 0.262 e. The topological polar surface area (TPSA) is 49.4 Å². The minimum absolute atomic E-state index is 0.0259.